The molecule has 1 aromatic heterocycles. The van der Waals surface area contributed by atoms with Crippen molar-refractivity contribution in [3.63, 3.8) is 0 Å². The lowest BCUT2D eigenvalue weighted by Crippen LogP contribution is -2.12. The Bertz CT molecular complexity index is 698. The van der Waals surface area contributed by atoms with E-state index < -0.39 is 11.7 Å². The number of aromatic nitrogens is 1. The van der Waals surface area contributed by atoms with Crippen molar-refractivity contribution in [2.75, 3.05) is 11.9 Å². The summed E-state index contributed by atoms with van der Waals surface area (Å²) in [5, 5.41) is 2.43. The number of aryl methyl sites for hydroxylation is 1. The maximum atomic E-state index is 13.7. The molecule has 0 unspecified atom stereocenters. The first-order valence-corrected chi connectivity index (χ1v) is 5.82. The normalized spacial score (nSPS) is 9.75. The predicted molar refractivity (Wildman–Crippen MR) is 71.5 cm³/mol. The summed E-state index contributed by atoms with van der Waals surface area (Å²) in [6.07, 6.45) is 1.40. The predicted octanol–water partition coefficient (Wildman–Crippen LogP) is 1.68. The van der Waals surface area contributed by atoms with Crippen LogP contribution in [0.15, 0.2) is 28.9 Å². The number of nitrogens with one attached hydrogen (secondary N) is 1. The SMILES string of the molecule is Cc1coc(NC(=O)c2ccc(C#CCN)c(F)c2)n1. The number of halogens is 1. The zero-order valence-corrected chi connectivity index (χ0v) is 10.7. The quantitative estimate of drug-likeness (QED) is 0.816. The standard InChI is InChI=1S/C14H12FN3O2/c1-9-8-20-14(17-9)18-13(19)11-5-4-10(3-2-6-16)12(15)7-11/h4-5,7-8H,6,16H2,1H3,(H,17,18,19). The van der Waals surface area contributed by atoms with Crippen molar-refractivity contribution in [3.8, 4) is 11.8 Å². The van der Waals surface area contributed by atoms with Gasteiger partial charge >= 0.3 is 6.01 Å². The van der Waals surface area contributed by atoms with Gasteiger partial charge in [0.25, 0.3) is 5.91 Å². The van der Waals surface area contributed by atoms with E-state index in [9.17, 15) is 9.18 Å². The Morgan fingerprint density at radius 1 is 1.55 bits per heavy atom. The minimum absolute atomic E-state index is 0.0694. The van der Waals surface area contributed by atoms with E-state index in [1.807, 2.05) is 0 Å². The van der Waals surface area contributed by atoms with Gasteiger partial charge in [-0.25, -0.2) is 4.39 Å². The minimum Gasteiger partial charge on any atom is -0.432 e. The third-order valence-corrected chi connectivity index (χ3v) is 2.40. The summed E-state index contributed by atoms with van der Waals surface area (Å²) in [6, 6.07) is 4.06. The second-order valence-electron chi connectivity index (χ2n) is 3.95. The average Bonchev–Trinajstić information content (AvgIpc) is 2.82. The summed E-state index contributed by atoms with van der Waals surface area (Å²) < 4.78 is 18.7. The fraction of sp³-hybridized carbons (Fsp3) is 0.143. The highest BCUT2D eigenvalue weighted by atomic mass is 19.1. The molecule has 102 valence electrons. The second kappa shape index (κ2) is 5.99. The van der Waals surface area contributed by atoms with E-state index in [0.29, 0.717) is 5.69 Å². The van der Waals surface area contributed by atoms with Crippen molar-refractivity contribution in [2.24, 2.45) is 5.73 Å². The van der Waals surface area contributed by atoms with E-state index in [4.69, 9.17) is 10.2 Å². The number of nitrogens with two attached hydrogens (primary N) is 1. The Morgan fingerprint density at radius 3 is 2.95 bits per heavy atom. The Kier molecular flexibility index (Phi) is 4.13. The molecule has 0 bridgehead atoms. The molecule has 6 heteroatoms. The van der Waals surface area contributed by atoms with Gasteiger partial charge in [0, 0.05) is 5.56 Å². The number of rotatable bonds is 2. The molecule has 0 atom stereocenters. The summed E-state index contributed by atoms with van der Waals surface area (Å²) in [5.74, 6) is 4.04. The third-order valence-electron chi connectivity index (χ3n) is 2.40. The van der Waals surface area contributed by atoms with Crippen molar-refractivity contribution < 1.29 is 13.6 Å². The van der Waals surface area contributed by atoms with Gasteiger partial charge in [0.05, 0.1) is 17.8 Å². The third kappa shape index (κ3) is 3.22. The van der Waals surface area contributed by atoms with Crippen LogP contribution in [0.4, 0.5) is 10.4 Å². The number of benzene rings is 1. The molecule has 2 aromatic rings. The maximum absolute atomic E-state index is 13.7. The Hall–Kier alpha value is -2.65. The molecule has 0 fully saturated rings. The topological polar surface area (TPSA) is 81.2 Å². The van der Waals surface area contributed by atoms with Crippen LogP contribution < -0.4 is 11.1 Å². The molecule has 1 amide bonds. The van der Waals surface area contributed by atoms with Crippen LogP contribution in [-0.4, -0.2) is 17.4 Å². The number of hydrogen-bond acceptors (Lipinski definition) is 4. The molecule has 0 saturated heterocycles. The first-order valence-electron chi connectivity index (χ1n) is 5.82. The Morgan fingerprint density at radius 2 is 2.35 bits per heavy atom. The van der Waals surface area contributed by atoms with Gasteiger partial charge in [0.15, 0.2) is 0 Å². The van der Waals surface area contributed by atoms with E-state index in [1.54, 1.807) is 6.92 Å². The van der Waals surface area contributed by atoms with Crippen molar-refractivity contribution in [3.05, 3.63) is 47.1 Å². The molecule has 0 spiro atoms. The summed E-state index contributed by atoms with van der Waals surface area (Å²) in [6.45, 7) is 1.87. The molecule has 3 N–H and O–H groups in total. The maximum Gasteiger partial charge on any atom is 0.301 e. The molecule has 2 rings (SSSR count). The number of anilines is 1. The van der Waals surface area contributed by atoms with Gasteiger partial charge in [0.1, 0.15) is 12.1 Å². The van der Waals surface area contributed by atoms with Crippen LogP contribution >= 0.6 is 0 Å². The van der Waals surface area contributed by atoms with Gasteiger partial charge in [0.2, 0.25) is 0 Å². The lowest BCUT2D eigenvalue weighted by atomic mass is 10.1. The molecule has 0 radical (unpaired) electrons. The lowest BCUT2D eigenvalue weighted by Gasteiger charge is -2.02. The Labute approximate surface area is 115 Å². The highest BCUT2D eigenvalue weighted by molar-refractivity contribution is 6.03. The van der Waals surface area contributed by atoms with Crippen molar-refractivity contribution >= 4 is 11.9 Å². The van der Waals surface area contributed by atoms with Crippen LogP contribution in [0.5, 0.6) is 0 Å². The Balaban J connectivity index is 2.16. The highest BCUT2D eigenvalue weighted by Crippen LogP contribution is 2.12. The monoisotopic (exact) mass is 273 g/mol. The van der Waals surface area contributed by atoms with E-state index >= 15 is 0 Å². The fourth-order valence-corrected chi connectivity index (χ4v) is 1.48. The van der Waals surface area contributed by atoms with Crippen LogP contribution in [0.3, 0.4) is 0 Å². The zero-order chi connectivity index (χ0) is 14.5. The average molecular weight is 273 g/mol. The molecule has 1 aromatic carbocycles. The van der Waals surface area contributed by atoms with Crippen molar-refractivity contribution in [1.29, 1.82) is 0 Å². The van der Waals surface area contributed by atoms with Gasteiger partial charge in [-0.15, -0.1) is 0 Å². The largest absolute Gasteiger partial charge is 0.432 e. The summed E-state index contributed by atoms with van der Waals surface area (Å²) >= 11 is 0. The summed E-state index contributed by atoms with van der Waals surface area (Å²) in [4.78, 5) is 15.8. The number of carbonyl (C=O) groups is 1. The van der Waals surface area contributed by atoms with Gasteiger partial charge in [-0.1, -0.05) is 11.8 Å². The first-order chi connectivity index (χ1) is 9.60. The van der Waals surface area contributed by atoms with E-state index in [1.165, 1.54) is 18.4 Å². The zero-order valence-electron chi connectivity index (χ0n) is 10.7. The highest BCUT2D eigenvalue weighted by Gasteiger charge is 2.11. The number of nitrogens with zero attached hydrogens (tertiary/aromatic N) is 1. The van der Waals surface area contributed by atoms with E-state index in [2.05, 4.69) is 22.1 Å². The molecular weight excluding hydrogens is 261 g/mol. The summed E-state index contributed by atoms with van der Waals surface area (Å²) in [5.41, 5.74) is 6.20. The molecule has 0 saturated carbocycles. The van der Waals surface area contributed by atoms with Gasteiger partial charge in [-0.3, -0.25) is 10.1 Å². The lowest BCUT2D eigenvalue weighted by molar-refractivity contribution is 0.102. The van der Waals surface area contributed by atoms with E-state index in [-0.39, 0.29) is 23.7 Å². The van der Waals surface area contributed by atoms with Crippen molar-refractivity contribution in [1.82, 2.24) is 4.98 Å². The number of amides is 1. The van der Waals surface area contributed by atoms with Gasteiger partial charge in [-0.05, 0) is 25.1 Å². The van der Waals surface area contributed by atoms with Crippen LogP contribution in [-0.2, 0) is 0 Å². The fourth-order valence-electron chi connectivity index (χ4n) is 1.48. The smallest absolute Gasteiger partial charge is 0.301 e. The first kappa shape index (κ1) is 13.8. The van der Waals surface area contributed by atoms with Crippen molar-refractivity contribution in [2.45, 2.75) is 6.92 Å². The molecule has 0 aliphatic heterocycles. The summed E-state index contributed by atoms with van der Waals surface area (Å²) in [7, 11) is 0. The van der Waals surface area contributed by atoms with Crippen LogP contribution in [0, 0.1) is 24.6 Å². The van der Waals surface area contributed by atoms with Gasteiger partial charge in [-0.2, -0.15) is 4.98 Å². The molecule has 20 heavy (non-hydrogen) atoms. The minimum atomic E-state index is -0.581. The number of hydrogen-bond donors (Lipinski definition) is 2. The van der Waals surface area contributed by atoms with E-state index in [0.717, 1.165) is 6.07 Å². The second-order valence-corrected chi connectivity index (χ2v) is 3.95. The molecule has 0 aliphatic carbocycles. The van der Waals surface area contributed by atoms with Crippen LogP contribution in [0.1, 0.15) is 21.6 Å². The van der Waals surface area contributed by atoms with Gasteiger partial charge < -0.3 is 10.2 Å². The molecule has 1 heterocycles. The number of carbonyl (C=O) groups excluding carboxylic acids is 1. The number of oxazole rings is 1. The van der Waals surface area contributed by atoms with Crippen LogP contribution in [0.2, 0.25) is 0 Å². The molecule has 0 aliphatic rings. The molecule has 5 nitrogen and oxygen atoms in total. The van der Waals surface area contributed by atoms with Crippen LogP contribution in [0.25, 0.3) is 0 Å². The molecular formula is C14H12FN3O2.